The van der Waals surface area contributed by atoms with Crippen LogP contribution in [0.2, 0.25) is 5.02 Å². The maximum Gasteiger partial charge on any atom is 0.238 e. The lowest BCUT2D eigenvalue weighted by atomic mass is 9.59. The predicted octanol–water partition coefficient (Wildman–Crippen LogP) is 5.34. The zero-order valence-electron chi connectivity index (χ0n) is 22.4. The van der Waals surface area contributed by atoms with Gasteiger partial charge in [-0.3, -0.25) is 19.2 Å². The molecular weight excluding hydrogens is 614 g/mol. The van der Waals surface area contributed by atoms with Crippen molar-refractivity contribution >= 4 is 56.6 Å². The highest BCUT2D eigenvalue weighted by Gasteiger charge is 2.56. The Hall–Kier alpha value is -3.69. The Labute approximate surface area is 249 Å². The van der Waals surface area contributed by atoms with E-state index in [0.29, 0.717) is 33.8 Å². The minimum absolute atomic E-state index is 0.138. The monoisotopic (exact) mass is 637 g/mol. The van der Waals surface area contributed by atoms with Gasteiger partial charge in [0, 0.05) is 28.2 Å². The minimum atomic E-state index is -0.729. The van der Waals surface area contributed by atoms with Gasteiger partial charge in [0.2, 0.25) is 17.6 Å². The molecule has 1 N–H and O–H groups in total. The quantitative estimate of drug-likeness (QED) is 0.274. The van der Waals surface area contributed by atoms with E-state index >= 15 is 0 Å². The van der Waals surface area contributed by atoms with E-state index in [9.17, 15) is 24.3 Å². The van der Waals surface area contributed by atoms with Gasteiger partial charge in [-0.25, -0.2) is 4.90 Å². The molecule has 2 amide bonds. The number of fused-ring (bicyclic) bond motifs is 3. The van der Waals surface area contributed by atoms with Crippen LogP contribution in [0.5, 0.6) is 17.2 Å². The molecule has 0 unspecified atom stereocenters. The molecule has 1 saturated heterocycles. The molecular formula is C31H25BrClNO7. The maximum atomic E-state index is 14.0. The number of hydrogen-bond acceptors (Lipinski definition) is 7. The van der Waals surface area contributed by atoms with Gasteiger partial charge in [0.05, 0.1) is 36.2 Å². The van der Waals surface area contributed by atoms with E-state index in [2.05, 4.69) is 15.9 Å². The van der Waals surface area contributed by atoms with Crippen LogP contribution < -0.4 is 14.4 Å². The summed E-state index contributed by atoms with van der Waals surface area (Å²) in [4.78, 5) is 55.8. The minimum Gasteiger partial charge on any atom is -0.502 e. The van der Waals surface area contributed by atoms with Crippen LogP contribution in [-0.4, -0.2) is 42.7 Å². The molecule has 0 aromatic heterocycles. The molecule has 2 aromatic rings. The Bertz CT molecular complexity index is 1650. The number of methoxy groups -OCH3 is 2. The summed E-state index contributed by atoms with van der Waals surface area (Å²) >= 11 is 9.57. The lowest BCUT2D eigenvalue weighted by Gasteiger charge is -2.42. The van der Waals surface area contributed by atoms with Crippen LogP contribution >= 0.6 is 27.5 Å². The van der Waals surface area contributed by atoms with Gasteiger partial charge in [0.25, 0.3) is 0 Å². The van der Waals surface area contributed by atoms with Crippen molar-refractivity contribution in [1.82, 2.24) is 0 Å². The molecule has 2 aromatic carbocycles. The molecule has 210 valence electrons. The van der Waals surface area contributed by atoms with Crippen molar-refractivity contribution in [3.8, 4) is 17.2 Å². The molecule has 10 heteroatoms. The number of nitrogens with zero attached hydrogens (tertiary/aromatic N) is 1. The molecule has 0 spiro atoms. The van der Waals surface area contributed by atoms with E-state index in [1.165, 1.54) is 25.2 Å². The first kappa shape index (κ1) is 27.5. The van der Waals surface area contributed by atoms with E-state index in [1.54, 1.807) is 30.3 Å². The highest BCUT2D eigenvalue weighted by atomic mass is 79.9. The lowest BCUT2D eigenvalue weighted by Crippen LogP contribution is -2.39. The molecule has 0 saturated carbocycles. The van der Waals surface area contributed by atoms with Gasteiger partial charge in [-0.05, 0) is 77.0 Å². The van der Waals surface area contributed by atoms with Gasteiger partial charge in [-0.1, -0.05) is 29.3 Å². The molecule has 0 radical (unpaired) electrons. The number of ether oxygens (including phenoxy) is 2. The first-order chi connectivity index (χ1) is 19.6. The SMILES string of the molecule is COc1cc([C@H]2C3=CC[C@@H]4C(=O)N(c5ccc(C)c(Cl)c5)C(=O)[C@@H]4[C@@H]3CC3=C2C(=O)C=C(Br)C3=O)cc(OC)c1O. The number of aromatic hydroxyl groups is 1. The second kappa shape index (κ2) is 9.99. The molecule has 0 bridgehead atoms. The molecule has 1 fully saturated rings. The largest absolute Gasteiger partial charge is 0.502 e. The number of aryl methyl sites for hydroxylation is 1. The number of rotatable bonds is 4. The third-order valence-electron chi connectivity index (χ3n) is 8.58. The van der Waals surface area contributed by atoms with E-state index in [1.807, 2.05) is 13.0 Å². The standard InChI is InChI=1S/C31H25BrClNO7/c1-13-4-5-15(10-21(13)33)34-30(38)17-7-6-16-18(26(17)31(34)39)11-19-27(22(35)12-20(32)28(19)36)25(16)14-8-23(40-2)29(37)24(9-14)41-3/h4-6,8-10,12,17-18,25-26,37H,7,11H2,1-3H3/t17-,18+,25-,26-/m0/s1. The van der Waals surface area contributed by atoms with Crippen LogP contribution in [0.1, 0.15) is 29.9 Å². The Morgan fingerprint density at radius 2 is 1.68 bits per heavy atom. The number of allylic oxidation sites excluding steroid dienone is 6. The predicted molar refractivity (Wildman–Crippen MR) is 154 cm³/mol. The number of phenolic OH excluding ortho intramolecular Hbond substituents is 1. The van der Waals surface area contributed by atoms with Gasteiger partial charge in [0.1, 0.15) is 0 Å². The number of carbonyl (C=O) groups excluding carboxylic acids is 4. The number of anilines is 1. The fourth-order valence-corrected chi connectivity index (χ4v) is 7.26. The van der Waals surface area contributed by atoms with Gasteiger partial charge >= 0.3 is 0 Å². The summed E-state index contributed by atoms with van der Waals surface area (Å²) < 4.78 is 10.9. The number of ketones is 2. The first-order valence-electron chi connectivity index (χ1n) is 13.0. The highest BCUT2D eigenvalue weighted by molar-refractivity contribution is 9.12. The number of phenols is 1. The van der Waals surface area contributed by atoms with Crippen LogP contribution in [0, 0.1) is 24.7 Å². The van der Waals surface area contributed by atoms with Crippen molar-refractivity contribution in [2.45, 2.75) is 25.7 Å². The third-order valence-corrected chi connectivity index (χ3v) is 9.58. The van der Waals surface area contributed by atoms with Gasteiger partial charge in [-0.2, -0.15) is 0 Å². The van der Waals surface area contributed by atoms with Crippen molar-refractivity contribution in [3.63, 3.8) is 0 Å². The smallest absolute Gasteiger partial charge is 0.238 e. The van der Waals surface area contributed by atoms with Crippen molar-refractivity contribution in [1.29, 1.82) is 0 Å². The number of benzene rings is 2. The second-order valence-corrected chi connectivity index (χ2v) is 11.9. The molecule has 1 heterocycles. The van der Waals surface area contributed by atoms with Crippen LogP contribution in [0.4, 0.5) is 5.69 Å². The van der Waals surface area contributed by atoms with E-state index in [4.69, 9.17) is 21.1 Å². The molecule has 4 aliphatic rings. The van der Waals surface area contributed by atoms with E-state index < -0.39 is 23.7 Å². The zero-order chi connectivity index (χ0) is 29.3. The average molecular weight is 639 g/mol. The first-order valence-corrected chi connectivity index (χ1v) is 14.2. The summed E-state index contributed by atoms with van der Waals surface area (Å²) in [7, 11) is 2.81. The topological polar surface area (TPSA) is 110 Å². The zero-order valence-corrected chi connectivity index (χ0v) is 24.7. The summed E-state index contributed by atoms with van der Waals surface area (Å²) in [5.74, 6) is -3.82. The number of hydrogen-bond donors (Lipinski definition) is 1. The normalized spacial score (nSPS) is 25.4. The summed E-state index contributed by atoms with van der Waals surface area (Å²) in [6, 6.07) is 8.29. The van der Waals surface area contributed by atoms with E-state index in [0.717, 1.165) is 11.1 Å². The van der Waals surface area contributed by atoms with Crippen molar-refractivity contribution in [3.05, 3.63) is 79.8 Å². The summed E-state index contributed by atoms with van der Waals surface area (Å²) in [6.45, 7) is 1.84. The lowest BCUT2D eigenvalue weighted by molar-refractivity contribution is -0.123. The maximum absolute atomic E-state index is 14.0. The Balaban J connectivity index is 1.51. The molecule has 3 aliphatic carbocycles. The molecule has 8 nitrogen and oxygen atoms in total. The van der Waals surface area contributed by atoms with Crippen molar-refractivity contribution in [2.24, 2.45) is 17.8 Å². The third kappa shape index (κ3) is 4.08. The fourth-order valence-electron chi connectivity index (χ4n) is 6.64. The summed E-state index contributed by atoms with van der Waals surface area (Å²) in [5.41, 5.74) is 3.18. The highest BCUT2D eigenvalue weighted by Crippen LogP contribution is 2.56. The number of halogens is 2. The van der Waals surface area contributed by atoms with Crippen molar-refractivity contribution in [2.75, 3.05) is 19.1 Å². The number of carbonyl (C=O) groups is 4. The van der Waals surface area contributed by atoms with E-state index in [-0.39, 0.29) is 51.5 Å². The second-order valence-electron chi connectivity index (χ2n) is 10.6. The Morgan fingerprint density at radius 1 is 1.00 bits per heavy atom. The number of Topliss-reactive ketones (excluding diaryl/α,β-unsaturated/α-hetero) is 1. The van der Waals surface area contributed by atoms with Crippen LogP contribution in [0.3, 0.4) is 0 Å². The molecule has 1 aliphatic heterocycles. The van der Waals surface area contributed by atoms with Crippen molar-refractivity contribution < 1.29 is 33.8 Å². The number of imide groups is 1. The van der Waals surface area contributed by atoms with Crippen LogP contribution in [-0.2, 0) is 19.2 Å². The number of amides is 2. The summed E-state index contributed by atoms with van der Waals surface area (Å²) in [5, 5.41) is 11.0. The van der Waals surface area contributed by atoms with Gasteiger partial charge in [0.15, 0.2) is 23.1 Å². The van der Waals surface area contributed by atoms with Gasteiger partial charge in [-0.15, -0.1) is 0 Å². The molecule has 6 rings (SSSR count). The molecule has 41 heavy (non-hydrogen) atoms. The van der Waals surface area contributed by atoms with Crippen LogP contribution in [0.25, 0.3) is 0 Å². The van der Waals surface area contributed by atoms with Crippen LogP contribution in [0.15, 0.2) is 63.7 Å². The molecule has 4 atom stereocenters. The fraction of sp³-hybridized carbons (Fsp3) is 0.290. The Morgan fingerprint density at radius 3 is 2.32 bits per heavy atom. The summed E-state index contributed by atoms with van der Waals surface area (Å²) in [6.07, 6.45) is 3.63. The van der Waals surface area contributed by atoms with Gasteiger partial charge < -0.3 is 14.6 Å². The Kier molecular flexibility index (Phi) is 6.70. The average Bonchev–Trinajstić information content (AvgIpc) is 3.21.